The number of carbonyl (C=O) groups is 2. The number of hydrazine groups is 1. The minimum absolute atomic E-state index is 0.0153. The molecule has 1 atom stereocenters. The molecule has 0 bridgehead atoms. The fourth-order valence-corrected chi connectivity index (χ4v) is 4.19. The van der Waals surface area contributed by atoms with E-state index in [9.17, 15) is 14.5 Å². The quantitative estimate of drug-likeness (QED) is 0.170. The Labute approximate surface area is 188 Å². The van der Waals surface area contributed by atoms with Gasteiger partial charge in [0.15, 0.2) is 0 Å². The zero-order chi connectivity index (χ0) is 23.4. The van der Waals surface area contributed by atoms with Gasteiger partial charge in [0.05, 0.1) is 29.3 Å². The third-order valence-corrected chi connectivity index (χ3v) is 5.79. The van der Waals surface area contributed by atoms with Crippen LogP contribution in [0.5, 0.6) is 0 Å². The Morgan fingerprint density at radius 1 is 1.24 bits per heavy atom. The van der Waals surface area contributed by atoms with Gasteiger partial charge in [-0.3, -0.25) is 14.6 Å². The van der Waals surface area contributed by atoms with E-state index in [-0.39, 0.29) is 24.1 Å². The molecular weight excluding hydrogens is 428 g/mol. The molecule has 1 fully saturated rings. The van der Waals surface area contributed by atoms with Gasteiger partial charge >= 0.3 is 5.91 Å². The van der Waals surface area contributed by atoms with E-state index < -0.39 is 11.9 Å². The first kappa shape index (κ1) is 22.2. The van der Waals surface area contributed by atoms with Crippen LogP contribution in [-0.4, -0.2) is 43.7 Å². The molecule has 2 aromatic rings. The van der Waals surface area contributed by atoms with Crippen LogP contribution in [0.2, 0.25) is 0 Å². The van der Waals surface area contributed by atoms with Gasteiger partial charge in [-0.2, -0.15) is 0 Å². The number of nitrogens with two attached hydrogens (primary N) is 1. The second-order valence-electron chi connectivity index (χ2n) is 7.69. The first-order valence-electron chi connectivity index (χ1n) is 10.4. The lowest BCUT2D eigenvalue weighted by Gasteiger charge is -2.44. The second kappa shape index (κ2) is 9.65. The van der Waals surface area contributed by atoms with Gasteiger partial charge in [0.2, 0.25) is 5.91 Å². The predicted molar refractivity (Wildman–Crippen MR) is 122 cm³/mol. The number of nitrogens with zero attached hydrogens (tertiary/aromatic N) is 6. The number of hydrogen-bond acceptors (Lipinski definition) is 8. The van der Waals surface area contributed by atoms with Crippen LogP contribution in [0.15, 0.2) is 52.8 Å². The Morgan fingerprint density at radius 2 is 2.00 bits per heavy atom. The van der Waals surface area contributed by atoms with Crippen LogP contribution < -0.4 is 21.1 Å². The summed E-state index contributed by atoms with van der Waals surface area (Å²) >= 11 is 0. The molecule has 2 aromatic carbocycles. The van der Waals surface area contributed by atoms with E-state index in [1.165, 1.54) is 17.1 Å². The van der Waals surface area contributed by atoms with Gasteiger partial charge in [0, 0.05) is 34.9 Å². The smallest absolute Gasteiger partial charge is 0.316 e. The fraction of sp³-hybridized carbons (Fsp3) is 0.333. The van der Waals surface area contributed by atoms with Crippen LogP contribution in [0.25, 0.3) is 10.4 Å². The number of ether oxygens (including phenoxy) is 1. The van der Waals surface area contributed by atoms with Gasteiger partial charge in [-0.15, -0.1) is 4.91 Å². The number of azide groups is 1. The van der Waals surface area contributed by atoms with Crippen LogP contribution in [0.3, 0.4) is 0 Å². The molecule has 2 aliphatic heterocycles. The highest BCUT2D eigenvalue weighted by atomic mass is 16.5. The molecule has 170 valence electrons. The molecule has 12 nitrogen and oxygen atoms in total. The molecule has 3 N–H and O–H groups in total. The number of benzene rings is 2. The van der Waals surface area contributed by atoms with Crippen LogP contribution >= 0.6 is 0 Å². The molecule has 0 radical (unpaired) electrons. The number of rotatable bonds is 6. The molecule has 0 saturated carbocycles. The largest absolute Gasteiger partial charge is 0.381 e. The first-order chi connectivity index (χ1) is 16.0. The van der Waals surface area contributed by atoms with Crippen molar-refractivity contribution in [1.82, 2.24) is 0 Å². The number of hydrogen-bond donors (Lipinski definition) is 2. The lowest BCUT2D eigenvalue weighted by Crippen LogP contribution is -2.55. The maximum Gasteiger partial charge on any atom is 0.316 e. The van der Waals surface area contributed by atoms with E-state index in [2.05, 4.69) is 20.5 Å². The minimum Gasteiger partial charge on any atom is -0.381 e. The highest BCUT2D eigenvalue weighted by molar-refractivity contribution is 6.04. The Kier molecular flexibility index (Phi) is 6.50. The number of amides is 2. The number of carbonyl (C=O) groups excluding carboxylic acids is 2. The molecule has 2 amide bonds. The standard InChI is InChI=1S/C21H22N8O4/c22-27-24-12-19-21(31)25-17-5-4-16(11-18(17)28(19)14-6-8-33-9-7-14)29(23)15-3-1-2-13(10-15)20(30)26-32/h1-5,10-11,14,19H,6-9,12,23H2,(H,25,31)/t19-/m1/s1. The van der Waals surface area contributed by atoms with Crippen molar-refractivity contribution < 1.29 is 14.3 Å². The van der Waals surface area contributed by atoms with Crippen molar-refractivity contribution in [3.63, 3.8) is 0 Å². The van der Waals surface area contributed by atoms with Gasteiger partial charge in [0.1, 0.15) is 6.04 Å². The van der Waals surface area contributed by atoms with Crippen LogP contribution in [0.4, 0.5) is 22.7 Å². The minimum atomic E-state index is -0.884. The number of anilines is 4. The molecule has 2 aliphatic rings. The number of fused-ring (bicyclic) bond motifs is 1. The fourth-order valence-electron chi connectivity index (χ4n) is 4.19. The summed E-state index contributed by atoms with van der Waals surface area (Å²) in [5, 5.41) is 10.4. The second-order valence-corrected chi connectivity index (χ2v) is 7.69. The van der Waals surface area contributed by atoms with Crippen LogP contribution in [0, 0.1) is 4.91 Å². The highest BCUT2D eigenvalue weighted by Gasteiger charge is 2.37. The molecule has 0 spiro atoms. The Hall–Kier alpha value is -3.99. The van der Waals surface area contributed by atoms with Gasteiger partial charge in [-0.25, -0.2) is 5.84 Å². The van der Waals surface area contributed by atoms with E-state index in [1.54, 1.807) is 24.3 Å². The zero-order valence-corrected chi connectivity index (χ0v) is 17.6. The number of nitrogens with one attached hydrogen (secondary N) is 1. The summed E-state index contributed by atoms with van der Waals surface area (Å²) in [6.45, 7) is 1.12. The van der Waals surface area contributed by atoms with Crippen molar-refractivity contribution in [2.75, 3.05) is 35.0 Å². The van der Waals surface area contributed by atoms with Crippen LogP contribution in [0.1, 0.15) is 23.2 Å². The van der Waals surface area contributed by atoms with E-state index in [0.717, 1.165) is 18.5 Å². The molecular formula is C21H22N8O4. The summed E-state index contributed by atoms with van der Waals surface area (Å²) in [5.41, 5.74) is 11.4. The Morgan fingerprint density at radius 3 is 2.73 bits per heavy atom. The lowest BCUT2D eigenvalue weighted by atomic mass is 9.99. The van der Waals surface area contributed by atoms with E-state index in [0.29, 0.717) is 30.3 Å². The number of nitroso groups, excluding NO2 is 1. The maximum absolute atomic E-state index is 12.8. The van der Waals surface area contributed by atoms with E-state index >= 15 is 0 Å². The van der Waals surface area contributed by atoms with Gasteiger partial charge in [-0.05, 0) is 54.8 Å². The monoisotopic (exact) mass is 450 g/mol. The van der Waals surface area contributed by atoms with Crippen molar-refractivity contribution in [1.29, 1.82) is 0 Å². The summed E-state index contributed by atoms with van der Waals surface area (Å²) < 4.78 is 5.49. The third-order valence-electron chi connectivity index (χ3n) is 5.79. The van der Waals surface area contributed by atoms with Crippen molar-refractivity contribution in [2.24, 2.45) is 16.1 Å². The van der Waals surface area contributed by atoms with Crippen LogP contribution in [-0.2, 0) is 9.53 Å². The third kappa shape index (κ3) is 4.48. The summed E-state index contributed by atoms with van der Waals surface area (Å²) in [7, 11) is 0. The molecule has 12 heteroatoms. The Balaban J connectivity index is 1.73. The summed E-state index contributed by atoms with van der Waals surface area (Å²) in [6.07, 6.45) is 1.44. The molecule has 0 unspecified atom stereocenters. The average molecular weight is 450 g/mol. The van der Waals surface area contributed by atoms with Gasteiger partial charge in [-0.1, -0.05) is 11.2 Å². The van der Waals surface area contributed by atoms with E-state index in [1.807, 2.05) is 11.0 Å². The predicted octanol–water partition coefficient (Wildman–Crippen LogP) is 3.22. The molecule has 0 aliphatic carbocycles. The summed E-state index contributed by atoms with van der Waals surface area (Å²) in [4.78, 5) is 39.9. The van der Waals surface area contributed by atoms with Gasteiger partial charge < -0.3 is 15.0 Å². The van der Waals surface area contributed by atoms with Gasteiger partial charge in [0.25, 0.3) is 0 Å². The molecule has 33 heavy (non-hydrogen) atoms. The zero-order valence-electron chi connectivity index (χ0n) is 17.6. The van der Waals surface area contributed by atoms with E-state index in [4.69, 9.17) is 16.1 Å². The molecule has 0 aromatic heterocycles. The average Bonchev–Trinajstić information content (AvgIpc) is 2.86. The lowest BCUT2D eigenvalue weighted by molar-refractivity contribution is -0.117. The summed E-state index contributed by atoms with van der Waals surface area (Å²) in [5.74, 6) is 5.22. The van der Waals surface area contributed by atoms with Crippen molar-refractivity contribution >= 4 is 34.6 Å². The molecule has 4 rings (SSSR count). The van der Waals surface area contributed by atoms with Crippen molar-refractivity contribution in [3.05, 3.63) is 63.4 Å². The first-order valence-corrected chi connectivity index (χ1v) is 10.4. The van der Waals surface area contributed by atoms with Crippen molar-refractivity contribution in [3.8, 4) is 0 Å². The normalized spacial score (nSPS) is 18.0. The van der Waals surface area contributed by atoms with Crippen molar-refractivity contribution in [2.45, 2.75) is 24.9 Å². The topological polar surface area (TPSA) is 166 Å². The molecule has 1 saturated heterocycles. The highest BCUT2D eigenvalue weighted by Crippen LogP contribution is 2.39. The molecule has 2 heterocycles. The Bertz CT molecular complexity index is 1130. The SMILES string of the molecule is [N-]=[N+]=NC[C@@H]1C(=O)Nc2ccc(N(N)c3cccc(C(=O)N=O)c3)cc2N1C1CCOCC1. The summed E-state index contributed by atoms with van der Waals surface area (Å²) in [6, 6.07) is 10.9. The maximum atomic E-state index is 12.8.